The van der Waals surface area contributed by atoms with Crippen molar-refractivity contribution in [3.05, 3.63) is 208 Å². The van der Waals surface area contributed by atoms with E-state index >= 15 is 0 Å². The molecule has 3 heteroatoms. The Morgan fingerprint density at radius 3 is 1.55 bits per heavy atom. The molecular formula is C72H77BN2. The van der Waals surface area contributed by atoms with Gasteiger partial charge in [-0.2, -0.15) is 0 Å². The third-order valence-corrected chi connectivity index (χ3v) is 18.9. The summed E-state index contributed by atoms with van der Waals surface area (Å²) in [6.07, 6.45) is 4.68. The SMILES string of the molecule is Cc1cc2c3c(c1)N(c1ccc(C(C)(C)C)cc1-c1ccccc1-c1ccccc1)c1ccc(C(C)(C)c4ccccc4)cc1B3c1cc3c(cc1N2c1ccc2c(c1)C(C)(C)CCC2(C)C)C(C)(C)CCC3(C)C. The van der Waals surface area contributed by atoms with E-state index < -0.39 is 0 Å². The van der Waals surface area contributed by atoms with Crippen molar-refractivity contribution < 1.29 is 0 Å². The number of rotatable bonds is 6. The molecule has 0 saturated heterocycles. The first-order valence-electron chi connectivity index (χ1n) is 28.0. The van der Waals surface area contributed by atoms with E-state index in [1.165, 1.54) is 130 Å². The van der Waals surface area contributed by atoms with E-state index in [0.717, 1.165) is 12.8 Å². The molecule has 2 aliphatic heterocycles. The molecule has 8 aromatic carbocycles. The predicted octanol–water partition coefficient (Wildman–Crippen LogP) is 17.7. The number of nitrogens with zero attached hydrogens (tertiary/aromatic N) is 2. The maximum atomic E-state index is 2.71. The molecule has 0 aromatic heterocycles. The first kappa shape index (κ1) is 49.3. The van der Waals surface area contributed by atoms with Gasteiger partial charge in [0.25, 0.3) is 6.71 Å². The van der Waals surface area contributed by atoms with Gasteiger partial charge in [-0.1, -0.05) is 205 Å². The van der Waals surface area contributed by atoms with Gasteiger partial charge in [-0.05, 0) is 186 Å². The van der Waals surface area contributed by atoms with Crippen LogP contribution in [0.1, 0.15) is 160 Å². The van der Waals surface area contributed by atoms with Gasteiger partial charge >= 0.3 is 0 Å². The number of hydrogen-bond acceptors (Lipinski definition) is 2. The molecule has 0 spiro atoms. The lowest BCUT2D eigenvalue weighted by Gasteiger charge is -2.48. The molecule has 378 valence electrons. The van der Waals surface area contributed by atoms with Crippen LogP contribution < -0.4 is 26.2 Å². The van der Waals surface area contributed by atoms with Crippen molar-refractivity contribution in [3.63, 3.8) is 0 Å². The molecule has 2 nitrogen and oxygen atoms in total. The summed E-state index contributed by atoms with van der Waals surface area (Å²) in [7, 11) is 0. The summed E-state index contributed by atoms with van der Waals surface area (Å²) >= 11 is 0. The molecule has 0 bridgehead atoms. The molecule has 0 N–H and O–H groups in total. The van der Waals surface area contributed by atoms with Crippen molar-refractivity contribution in [2.75, 3.05) is 9.80 Å². The van der Waals surface area contributed by atoms with Gasteiger partial charge in [0.1, 0.15) is 0 Å². The predicted molar refractivity (Wildman–Crippen MR) is 324 cm³/mol. The van der Waals surface area contributed by atoms with Crippen LogP contribution in [0.5, 0.6) is 0 Å². The normalized spacial score (nSPS) is 17.6. The Balaban J connectivity index is 1.21. The van der Waals surface area contributed by atoms with E-state index in [1.807, 2.05) is 0 Å². The summed E-state index contributed by atoms with van der Waals surface area (Å²) in [5.41, 5.74) is 27.7. The maximum Gasteiger partial charge on any atom is 0.252 e. The third-order valence-electron chi connectivity index (χ3n) is 18.9. The first-order chi connectivity index (χ1) is 35.5. The highest BCUT2D eigenvalue weighted by molar-refractivity contribution is 7.00. The standard InChI is InChI=1S/C72H77BN2/c1-46-39-64-66-65(40-46)75(61-33-29-49(67(2,3)4)41-54(61)53-28-22-21-27-52(53)47-23-17-15-18-24-47)62-34-30-50(72(13,14)48-25-19-16-20-26-48)42-59(62)73(66)60-44-57-58(71(11,12)38-37-70(57,9)10)45-63(60)74(64)51-31-32-55-56(43-51)69(7,8)36-35-68(55,5)6/h15-34,39-45H,35-38H2,1-14H3. The van der Waals surface area contributed by atoms with E-state index in [-0.39, 0.29) is 39.2 Å². The molecule has 0 amide bonds. The van der Waals surface area contributed by atoms with Gasteiger partial charge in [-0.25, -0.2) is 0 Å². The molecule has 12 rings (SSSR count). The van der Waals surface area contributed by atoms with Crippen LogP contribution in [0.4, 0.5) is 34.1 Å². The highest BCUT2D eigenvalue weighted by Gasteiger charge is 2.48. The van der Waals surface area contributed by atoms with Crippen LogP contribution in [0.3, 0.4) is 0 Å². The van der Waals surface area contributed by atoms with E-state index in [4.69, 9.17) is 0 Å². The zero-order valence-corrected chi connectivity index (χ0v) is 47.4. The van der Waals surface area contributed by atoms with Gasteiger partial charge in [-0.3, -0.25) is 0 Å². The lowest BCUT2D eigenvalue weighted by atomic mass is 9.33. The fourth-order valence-electron chi connectivity index (χ4n) is 13.9. The van der Waals surface area contributed by atoms with Gasteiger partial charge in [0.15, 0.2) is 0 Å². The number of benzene rings is 8. The Hall–Kier alpha value is -6.58. The minimum absolute atomic E-state index is 0.0207. The second-order valence-electron chi connectivity index (χ2n) is 27.2. The molecule has 8 aromatic rings. The van der Waals surface area contributed by atoms with Crippen molar-refractivity contribution in [1.82, 2.24) is 0 Å². The number of aryl methyl sites for hydroxylation is 1. The average molecular weight is 981 g/mol. The van der Waals surface area contributed by atoms with Crippen LogP contribution in [0.2, 0.25) is 0 Å². The number of hydrogen-bond donors (Lipinski definition) is 0. The average Bonchev–Trinajstić information content (AvgIpc) is 3.40. The summed E-state index contributed by atoms with van der Waals surface area (Å²) in [5.74, 6) is 0. The molecule has 0 saturated carbocycles. The molecule has 2 heterocycles. The molecule has 0 atom stereocenters. The van der Waals surface area contributed by atoms with Gasteiger partial charge in [0, 0.05) is 39.4 Å². The van der Waals surface area contributed by atoms with Crippen LogP contribution in [-0.2, 0) is 32.5 Å². The van der Waals surface area contributed by atoms with Crippen molar-refractivity contribution in [2.45, 2.75) is 155 Å². The summed E-state index contributed by atoms with van der Waals surface area (Å²) in [4.78, 5) is 5.39. The summed E-state index contributed by atoms with van der Waals surface area (Å²) in [6.45, 7) is 34.0. The number of anilines is 6. The van der Waals surface area contributed by atoms with E-state index in [1.54, 1.807) is 0 Å². The van der Waals surface area contributed by atoms with Crippen LogP contribution in [0.15, 0.2) is 164 Å². The molecule has 2 aliphatic carbocycles. The second kappa shape index (κ2) is 17.0. The lowest BCUT2D eigenvalue weighted by molar-refractivity contribution is 0.332. The Morgan fingerprint density at radius 2 is 0.907 bits per heavy atom. The summed E-state index contributed by atoms with van der Waals surface area (Å²) in [5, 5.41) is 0. The lowest BCUT2D eigenvalue weighted by Crippen LogP contribution is -2.62. The topological polar surface area (TPSA) is 6.48 Å². The van der Waals surface area contributed by atoms with Crippen molar-refractivity contribution in [1.29, 1.82) is 0 Å². The Kier molecular flexibility index (Phi) is 11.2. The van der Waals surface area contributed by atoms with Gasteiger partial charge in [-0.15, -0.1) is 0 Å². The fraction of sp³-hybridized carbons (Fsp3) is 0.333. The quantitative estimate of drug-likeness (QED) is 0.153. The molecule has 4 aliphatic rings. The van der Waals surface area contributed by atoms with E-state index in [0.29, 0.717) is 0 Å². The van der Waals surface area contributed by atoms with Crippen LogP contribution >= 0.6 is 0 Å². The highest BCUT2D eigenvalue weighted by atomic mass is 15.2. The second-order valence-corrected chi connectivity index (χ2v) is 27.2. The summed E-state index contributed by atoms with van der Waals surface area (Å²) in [6, 6.07) is 64.0. The van der Waals surface area contributed by atoms with Gasteiger partial charge in [0.05, 0.1) is 5.69 Å². The molecule has 0 unspecified atom stereocenters. The fourth-order valence-corrected chi connectivity index (χ4v) is 13.9. The Bertz CT molecular complexity index is 3580. The first-order valence-corrected chi connectivity index (χ1v) is 28.0. The maximum absolute atomic E-state index is 2.71. The van der Waals surface area contributed by atoms with Gasteiger partial charge in [0.2, 0.25) is 0 Å². The van der Waals surface area contributed by atoms with Crippen molar-refractivity contribution in [2.24, 2.45) is 0 Å². The minimum atomic E-state index is -0.249. The third kappa shape index (κ3) is 7.88. The highest BCUT2D eigenvalue weighted by Crippen LogP contribution is 2.54. The monoisotopic (exact) mass is 981 g/mol. The Labute approximate surface area is 450 Å². The minimum Gasteiger partial charge on any atom is -0.311 e. The largest absolute Gasteiger partial charge is 0.311 e. The molecule has 0 radical (unpaired) electrons. The summed E-state index contributed by atoms with van der Waals surface area (Å²) < 4.78 is 0. The van der Waals surface area contributed by atoms with E-state index in [9.17, 15) is 0 Å². The zero-order valence-electron chi connectivity index (χ0n) is 47.4. The smallest absolute Gasteiger partial charge is 0.252 e. The van der Waals surface area contributed by atoms with Crippen LogP contribution in [0.25, 0.3) is 22.3 Å². The molecular weight excluding hydrogens is 904 g/mol. The zero-order chi connectivity index (χ0) is 52.8. The van der Waals surface area contributed by atoms with E-state index in [2.05, 4.69) is 271 Å². The van der Waals surface area contributed by atoms with Crippen molar-refractivity contribution in [3.8, 4) is 22.3 Å². The van der Waals surface area contributed by atoms with Crippen molar-refractivity contribution >= 4 is 57.2 Å². The van der Waals surface area contributed by atoms with Crippen LogP contribution in [-0.4, -0.2) is 6.71 Å². The Morgan fingerprint density at radius 1 is 0.387 bits per heavy atom. The number of fused-ring (bicyclic) bond motifs is 6. The molecule has 0 fully saturated rings. The van der Waals surface area contributed by atoms with Gasteiger partial charge < -0.3 is 9.80 Å². The molecule has 75 heavy (non-hydrogen) atoms. The van der Waals surface area contributed by atoms with Crippen LogP contribution in [0, 0.1) is 6.92 Å².